The normalized spacial score (nSPS) is 11.7. The molecule has 0 saturated heterocycles. The number of aromatic nitrogens is 4. The zero-order valence-corrected chi connectivity index (χ0v) is 18.4. The van der Waals surface area contributed by atoms with E-state index in [0.717, 1.165) is 34.6 Å². The quantitative estimate of drug-likeness (QED) is 0.459. The van der Waals surface area contributed by atoms with Crippen LogP contribution in [0.15, 0.2) is 95.9 Å². The van der Waals surface area contributed by atoms with E-state index in [1.54, 1.807) is 0 Å². The maximum Gasteiger partial charge on any atom is 0.279 e. The fourth-order valence-corrected chi connectivity index (χ4v) is 3.89. The summed E-state index contributed by atoms with van der Waals surface area (Å²) in [5.74, 6) is 0. The number of nitrogens with zero attached hydrogens (tertiary/aromatic N) is 3. The molecule has 0 aliphatic carbocycles. The molecule has 0 saturated carbocycles. The SMILES string of the molecule is C=c1[nH]n(-c2ccccc2)c(=O)c1=Cc1cn(-c2ccccc2)nc1-c1ccc(CC)cc1. The number of hydrogen-bond acceptors (Lipinski definition) is 2. The summed E-state index contributed by atoms with van der Waals surface area (Å²) in [6, 6.07) is 27.8. The molecule has 5 nitrogen and oxygen atoms in total. The number of rotatable bonds is 5. The van der Waals surface area contributed by atoms with E-state index in [9.17, 15) is 4.79 Å². The van der Waals surface area contributed by atoms with E-state index in [2.05, 4.69) is 42.9 Å². The van der Waals surface area contributed by atoms with Crippen molar-refractivity contribution in [2.75, 3.05) is 0 Å². The predicted octanol–water partition coefficient (Wildman–Crippen LogP) is 3.82. The second-order valence-corrected chi connectivity index (χ2v) is 7.89. The van der Waals surface area contributed by atoms with Gasteiger partial charge >= 0.3 is 0 Å². The first-order valence-corrected chi connectivity index (χ1v) is 11.0. The van der Waals surface area contributed by atoms with Crippen LogP contribution in [-0.4, -0.2) is 19.6 Å². The van der Waals surface area contributed by atoms with Gasteiger partial charge in [0, 0.05) is 17.3 Å². The van der Waals surface area contributed by atoms with Crippen LogP contribution in [-0.2, 0) is 6.42 Å². The summed E-state index contributed by atoms with van der Waals surface area (Å²) >= 11 is 0. The summed E-state index contributed by atoms with van der Waals surface area (Å²) in [4.78, 5) is 13.2. The number of aryl methyl sites for hydroxylation is 1. The molecule has 0 aliphatic heterocycles. The lowest BCUT2D eigenvalue weighted by molar-refractivity contribution is 0.838. The standard InChI is InChI=1S/C28H24N4O/c1-3-21-14-16-22(17-15-21)27-23(19-31(30-27)24-10-6-4-7-11-24)18-26-20(2)29-32(28(26)33)25-12-8-5-9-13-25/h4-19,29H,2-3H2,1H3. The van der Waals surface area contributed by atoms with E-state index in [1.165, 1.54) is 10.2 Å². The fourth-order valence-electron chi connectivity index (χ4n) is 3.89. The molecule has 0 radical (unpaired) electrons. The molecule has 0 spiro atoms. The molecule has 162 valence electrons. The molecule has 2 heterocycles. The molecule has 3 aromatic carbocycles. The Labute approximate surface area is 191 Å². The van der Waals surface area contributed by atoms with Crippen LogP contribution in [0.2, 0.25) is 0 Å². The van der Waals surface area contributed by atoms with Gasteiger partial charge in [-0.25, -0.2) is 9.36 Å². The number of nitrogens with one attached hydrogen (secondary N) is 1. The Hall–Kier alpha value is -4.38. The van der Waals surface area contributed by atoms with Crippen LogP contribution >= 0.6 is 0 Å². The van der Waals surface area contributed by atoms with Gasteiger partial charge in [0.05, 0.1) is 27.6 Å². The average molecular weight is 433 g/mol. The fraction of sp³-hybridized carbons (Fsp3) is 0.0714. The van der Waals surface area contributed by atoms with Gasteiger partial charge < -0.3 is 0 Å². The van der Waals surface area contributed by atoms with Crippen LogP contribution in [0.4, 0.5) is 0 Å². The molecule has 33 heavy (non-hydrogen) atoms. The first-order valence-electron chi connectivity index (χ1n) is 11.0. The van der Waals surface area contributed by atoms with Crippen molar-refractivity contribution in [3.8, 4) is 22.6 Å². The van der Waals surface area contributed by atoms with Crippen LogP contribution in [0.25, 0.3) is 35.3 Å². The lowest BCUT2D eigenvalue weighted by Gasteiger charge is -2.02. The number of H-pyrrole nitrogens is 1. The molecule has 0 unspecified atom stereocenters. The van der Waals surface area contributed by atoms with Crippen molar-refractivity contribution in [3.05, 3.63) is 123 Å². The van der Waals surface area contributed by atoms with Crippen molar-refractivity contribution < 1.29 is 0 Å². The first-order chi connectivity index (χ1) is 16.1. The van der Waals surface area contributed by atoms with E-state index < -0.39 is 0 Å². The Morgan fingerprint density at radius 2 is 1.55 bits per heavy atom. The zero-order chi connectivity index (χ0) is 22.8. The van der Waals surface area contributed by atoms with Gasteiger partial charge in [0.25, 0.3) is 5.56 Å². The Morgan fingerprint density at radius 1 is 0.909 bits per heavy atom. The Balaban J connectivity index is 1.70. The zero-order valence-electron chi connectivity index (χ0n) is 18.4. The summed E-state index contributed by atoms with van der Waals surface area (Å²) in [6.45, 7) is 6.22. The second-order valence-electron chi connectivity index (χ2n) is 7.89. The maximum atomic E-state index is 13.2. The molecule has 0 atom stereocenters. The molecule has 0 amide bonds. The Bertz CT molecular complexity index is 1560. The monoisotopic (exact) mass is 432 g/mol. The van der Waals surface area contributed by atoms with Crippen LogP contribution in [0, 0.1) is 0 Å². The molecular weight excluding hydrogens is 408 g/mol. The maximum absolute atomic E-state index is 13.2. The van der Waals surface area contributed by atoms with Crippen molar-refractivity contribution in [3.63, 3.8) is 0 Å². The average Bonchev–Trinajstić information content (AvgIpc) is 3.42. The van der Waals surface area contributed by atoms with E-state index in [-0.39, 0.29) is 5.56 Å². The minimum Gasteiger partial charge on any atom is -0.291 e. The molecule has 2 aromatic heterocycles. The number of para-hydroxylation sites is 2. The molecule has 5 aromatic rings. The van der Waals surface area contributed by atoms with Crippen LogP contribution in [0.5, 0.6) is 0 Å². The van der Waals surface area contributed by atoms with E-state index in [1.807, 2.05) is 77.6 Å². The van der Waals surface area contributed by atoms with E-state index >= 15 is 0 Å². The Kier molecular flexibility index (Phi) is 5.37. The first kappa shape index (κ1) is 20.5. The van der Waals surface area contributed by atoms with Crippen molar-refractivity contribution in [2.24, 2.45) is 0 Å². The molecule has 5 rings (SSSR count). The van der Waals surface area contributed by atoms with Crippen molar-refractivity contribution >= 4 is 12.7 Å². The molecule has 0 bridgehead atoms. The molecule has 1 N–H and O–H groups in total. The van der Waals surface area contributed by atoms with Gasteiger partial charge in [-0.05, 0) is 42.3 Å². The number of aromatic amines is 1. The van der Waals surface area contributed by atoms with Gasteiger partial charge in [-0.1, -0.05) is 74.2 Å². The third-order valence-electron chi connectivity index (χ3n) is 5.72. The largest absolute Gasteiger partial charge is 0.291 e. The van der Waals surface area contributed by atoms with Gasteiger partial charge in [-0.3, -0.25) is 9.89 Å². The van der Waals surface area contributed by atoms with Crippen LogP contribution in [0.1, 0.15) is 18.1 Å². The van der Waals surface area contributed by atoms with Crippen molar-refractivity contribution in [1.82, 2.24) is 19.6 Å². The smallest absolute Gasteiger partial charge is 0.279 e. The predicted molar refractivity (Wildman–Crippen MR) is 133 cm³/mol. The van der Waals surface area contributed by atoms with Crippen LogP contribution in [0.3, 0.4) is 0 Å². The van der Waals surface area contributed by atoms with Gasteiger partial charge in [0.2, 0.25) is 0 Å². The third-order valence-corrected chi connectivity index (χ3v) is 5.72. The van der Waals surface area contributed by atoms with Gasteiger partial charge in [0.15, 0.2) is 0 Å². The highest BCUT2D eigenvalue weighted by Gasteiger charge is 2.12. The van der Waals surface area contributed by atoms with Gasteiger partial charge in [-0.15, -0.1) is 0 Å². The number of benzene rings is 3. The topological polar surface area (TPSA) is 55.6 Å². The molecule has 0 aliphatic rings. The molecule has 5 heteroatoms. The highest BCUT2D eigenvalue weighted by molar-refractivity contribution is 5.72. The Morgan fingerprint density at radius 3 is 2.18 bits per heavy atom. The van der Waals surface area contributed by atoms with E-state index in [4.69, 9.17) is 5.10 Å². The number of hydrogen-bond donors (Lipinski definition) is 1. The summed E-state index contributed by atoms with van der Waals surface area (Å²) in [5, 5.41) is 9.04. The summed E-state index contributed by atoms with van der Waals surface area (Å²) in [6.07, 6.45) is 4.80. The summed E-state index contributed by atoms with van der Waals surface area (Å²) in [5.41, 5.74) is 5.50. The van der Waals surface area contributed by atoms with E-state index in [0.29, 0.717) is 10.6 Å². The van der Waals surface area contributed by atoms with Crippen molar-refractivity contribution in [2.45, 2.75) is 13.3 Å². The lowest BCUT2D eigenvalue weighted by Crippen LogP contribution is -2.33. The van der Waals surface area contributed by atoms with Gasteiger partial charge in [0.1, 0.15) is 0 Å². The minimum atomic E-state index is -0.147. The van der Waals surface area contributed by atoms with Gasteiger partial charge in [-0.2, -0.15) is 5.10 Å². The highest BCUT2D eigenvalue weighted by Crippen LogP contribution is 2.25. The molecular formula is C28H24N4O. The highest BCUT2D eigenvalue weighted by atomic mass is 16.1. The third kappa shape index (κ3) is 3.96. The second kappa shape index (κ2) is 8.63. The summed E-state index contributed by atoms with van der Waals surface area (Å²) < 4.78 is 3.37. The minimum absolute atomic E-state index is 0.147. The summed E-state index contributed by atoms with van der Waals surface area (Å²) in [7, 11) is 0. The lowest BCUT2D eigenvalue weighted by atomic mass is 10.0. The molecule has 0 fully saturated rings. The van der Waals surface area contributed by atoms with Crippen LogP contribution < -0.4 is 16.1 Å². The van der Waals surface area contributed by atoms with Crippen molar-refractivity contribution in [1.29, 1.82) is 0 Å².